The lowest BCUT2D eigenvalue weighted by atomic mass is 10.3. The van der Waals surface area contributed by atoms with Crippen LogP contribution in [-0.2, 0) is 14.8 Å². The molecular weight excluding hydrogens is 264 g/mol. The van der Waals surface area contributed by atoms with Gasteiger partial charge >= 0.3 is 0 Å². The third-order valence-corrected chi connectivity index (χ3v) is 4.34. The van der Waals surface area contributed by atoms with Gasteiger partial charge in [-0.05, 0) is 37.6 Å². The highest BCUT2D eigenvalue weighted by atomic mass is 32.2. The van der Waals surface area contributed by atoms with Crippen LogP contribution >= 0.6 is 0 Å². The summed E-state index contributed by atoms with van der Waals surface area (Å²) in [7, 11) is -3.49. The number of anilines is 1. The molecule has 0 spiro atoms. The summed E-state index contributed by atoms with van der Waals surface area (Å²) in [6.45, 7) is 5.48. The van der Waals surface area contributed by atoms with Gasteiger partial charge in [0, 0.05) is 18.2 Å². The van der Waals surface area contributed by atoms with Crippen molar-refractivity contribution in [2.24, 2.45) is 0 Å². The number of rotatable bonds is 6. The van der Waals surface area contributed by atoms with Gasteiger partial charge in [0.1, 0.15) is 0 Å². The molecule has 0 aliphatic carbocycles. The highest BCUT2D eigenvalue weighted by molar-refractivity contribution is 7.89. The standard InChI is InChI=1S/C13H20N2O3S/c1-4-10(3)15-19(17,18)12-8-6-11(7-9-12)14-13(16)5-2/h6-10,15H,4-5H2,1-3H3,(H,14,16)/t10-/m1/s1. The molecule has 0 bridgehead atoms. The van der Waals surface area contributed by atoms with Crippen LogP contribution in [0.15, 0.2) is 29.2 Å². The molecule has 1 amide bonds. The van der Waals surface area contributed by atoms with Crippen molar-refractivity contribution in [3.05, 3.63) is 24.3 Å². The van der Waals surface area contributed by atoms with Gasteiger partial charge in [-0.3, -0.25) is 4.79 Å². The third-order valence-electron chi connectivity index (χ3n) is 2.74. The van der Waals surface area contributed by atoms with E-state index in [9.17, 15) is 13.2 Å². The Morgan fingerprint density at radius 2 is 1.79 bits per heavy atom. The summed E-state index contributed by atoms with van der Waals surface area (Å²) in [5.74, 6) is -0.103. The Morgan fingerprint density at radius 1 is 1.21 bits per heavy atom. The number of hydrogen-bond donors (Lipinski definition) is 2. The number of carbonyl (C=O) groups excluding carboxylic acids is 1. The summed E-state index contributed by atoms with van der Waals surface area (Å²) in [6, 6.07) is 6.02. The van der Waals surface area contributed by atoms with Crippen LogP contribution in [0, 0.1) is 0 Å². The Hall–Kier alpha value is -1.40. The largest absolute Gasteiger partial charge is 0.326 e. The van der Waals surface area contributed by atoms with Gasteiger partial charge in [-0.1, -0.05) is 13.8 Å². The first kappa shape index (κ1) is 15.7. The number of nitrogens with one attached hydrogen (secondary N) is 2. The van der Waals surface area contributed by atoms with Crippen molar-refractivity contribution in [3.8, 4) is 0 Å². The molecule has 5 nitrogen and oxygen atoms in total. The average Bonchev–Trinajstić information content (AvgIpc) is 2.38. The molecule has 106 valence electrons. The number of amides is 1. The molecule has 6 heteroatoms. The Balaban J connectivity index is 2.83. The van der Waals surface area contributed by atoms with Crippen LogP contribution in [0.3, 0.4) is 0 Å². The van der Waals surface area contributed by atoms with E-state index < -0.39 is 10.0 Å². The summed E-state index contributed by atoms with van der Waals surface area (Å²) in [4.78, 5) is 11.4. The number of sulfonamides is 1. The van der Waals surface area contributed by atoms with Crippen LogP contribution in [0.5, 0.6) is 0 Å². The van der Waals surface area contributed by atoms with Gasteiger partial charge in [0.15, 0.2) is 0 Å². The summed E-state index contributed by atoms with van der Waals surface area (Å²) in [5, 5.41) is 2.67. The predicted octanol–water partition coefficient (Wildman–Crippen LogP) is 2.11. The molecule has 0 aliphatic heterocycles. The predicted molar refractivity (Wildman–Crippen MR) is 75.4 cm³/mol. The van der Waals surface area contributed by atoms with Crippen LogP contribution < -0.4 is 10.0 Å². The van der Waals surface area contributed by atoms with Gasteiger partial charge in [-0.25, -0.2) is 13.1 Å². The normalized spacial score (nSPS) is 13.0. The highest BCUT2D eigenvalue weighted by Crippen LogP contribution is 2.14. The molecule has 1 atom stereocenters. The van der Waals surface area contributed by atoms with Gasteiger partial charge in [-0.15, -0.1) is 0 Å². The number of hydrogen-bond acceptors (Lipinski definition) is 3. The first-order chi connectivity index (χ1) is 8.89. The molecule has 0 fully saturated rings. The monoisotopic (exact) mass is 284 g/mol. The fourth-order valence-electron chi connectivity index (χ4n) is 1.38. The Labute approximate surface area is 114 Å². The van der Waals surface area contributed by atoms with Crippen molar-refractivity contribution < 1.29 is 13.2 Å². The minimum Gasteiger partial charge on any atom is -0.326 e. The second-order valence-electron chi connectivity index (χ2n) is 4.36. The maximum absolute atomic E-state index is 12.0. The number of benzene rings is 1. The highest BCUT2D eigenvalue weighted by Gasteiger charge is 2.16. The molecule has 0 aliphatic rings. The smallest absolute Gasteiger partial charge is 0.240 e. The minimum absolute atomic E-state index is 0.103. The quantitative estimate of drug-likeness (QED) is 0.840. The Bertz CT molecular complexity index is 523. The van der Waals surface area contributed by atoms with Gasteiger partial charge in [0.25, 0.3) is 0 Å². The van der Waals surface area contributed by atoms with Crippen molar-refractivity contribution in [1.82, 2.24) is 4.72 Å². The van der Waals surface area contributed by atoms with Crippen LogP contribution in [0.4, 0.5) is 5.69 Å². The fraction of sp³-hybridized carbons (Fsp3) is 0.462. The van der Waals surface area contributed by atoms with Crippen LogP contribution in [-0.4, -0.2) is 20.4 Å². The van der Waals surface area contributed by atoms with E-state index in [1.54, 1.807) is 19.1 Å². The lowest BCUT2D eigenvalue weighted by Crippen LogP contribution is -2.31. The van der Waals surface area contributed by atoms with E-state index in [2.05, 4.69) is 10.0 Å². The molecule has 2 N–H and O–H groups in total. The van der Waals surface area contributed by atoms with E-state index in [4.69, 9.17) is 0 Å². The molecule has 0 aromatic heterocycles. The van der Waals surface area contributed by atoms with E-state index in [1.807, 2.05) is 13.8 Å². The second-order valence-corrected chi connectivity index (χ2v) is 6.07. The van der Waals surface area contributed by atoms with Crippen molar-refractivity contribution >= 4 is 21.6 Å². The van der Waals surface area contributed by atoms with E-state index in [-0.39, 0.29) is 16.8 Å². The van der Waals surface area contributed by atoms with Gasteiger partial charge in [0.2, 0.25) is 15.9 Å². The molecule has 0 saturated heterocycles. The zero-order chi connectivity index (χ0) is 14.5. The minimum atomic E-state index is -3.49. The second kappa shape index (κ2) is 6.68. The fourth-order valence-corrected chi connectivity index (χ4v) is 2.71. The molecule has 0 unspecified atom stereocenters. The SMILES string of the molecule is CCC(=O)Nc1ccc(S(=O)(=O)N[C@H](C)CC)cc1. The zero-order valence-corrected chi connectivity index (χ0v) is 12.3. The molecule has 1 aromatic carbocycles. The van der Waals surface area contributed by atoms with E-state index in [1.165, 1.54) is 12.1 Å². The molecule has 0 saturated carbocycles. The molecule has 1 rings (SSSR count). The molecule has 1 aromatic rings. The summed E-state index contributed by atoms with van der Waals surface area (Å²) >= 11 is 0. The molecular formula is C13H20N2O3S. The molecule has 0 radical (unpaired) electrons. The van der Waals surface area contributed by atoms with Crippen molar-refractivity contribution in [1.29, 1.82) is 0 Å². The summed E-state index contributed by atoms with van der Waals surface area (Å²) < 4.78 is 26.6. The van der Waals surface area contributed by atoms with Crippen molar-refractivity contribution in [3.63, 3.8) is 0 Å². The summed E-state index contributed by atoms with van der Waals surface area (Å²) in [6.07, 6.45) is 1.11. The summed E-state index contributed by atoms with van der Waals surface area (Å²) in [5.41, 5.74) is 0.592. The van der Waals surface area contributed by atoms with E-state index >= 15 is 0 Å². The van der Waals surface area contributed by atoms with Crippen molar-refractivity contribution in [2.75, 3.05) is 5.32 Å². The Kier molecular flexibility index (Phi) is 5.50. The maximum Gasteiger partial charge on any atom is 0.240 e. The van der Waals surface area contributed by atoms with Gasteiger partial charge in [-0.2, -0.15) is 0 Å². The Morgan fingerprint density at radius 3 is 2.26 bits per heavy atom. The van der Waals surface area contributed by atoms with Crippen LogP contribution in [0.1, 0.15) is 33.6 Å². The first-order valence-corrected chi connectivity index (χ1v) is 7.79. The zero-order valence-electron chi connectivity index (χ0n) is 11.4. The molecule has 19 heavy (non-hydrogen) atoms. The first-order valence-electron chi connectivity index (χ1n) is 6.31. The van der Waals surface area contributed by atoms with Crippen LogP contribution in [0.25, 0.3) is 0 Å². The van der Waals surface area contributed by atoms with Gasteiger partial charge < -0.3 is 5.32 Å². The third kappa shape index (κ3) is 4.65. The van der Waals surface area contributed by atoms with E-state index in [0.717, 1.165) is 6.42 Å². The lowest BCUT2D eigenvalue weighted by Gasteiger charge is -2.12. The van der Waals surface area contributed by atoms with Gasteiger partial charge in [0.05, 0.1) is 4.90 Å². The number of carbonyl (C=O) groups is 1. The topological polar surface area (TPSA) is 75.3 Å². The van der Waals surface area contributed by atoms with Crippen molar-refractivity contribution in [2.45, 2.75) is 44.6 Å². The van der Waals surface area contributed by atoms with Crippen LogP contribution in [0.2, 0.25) is 0 Å². The van der Waals surface area contributed by atoms with E-state index in [0.29, 0.717) is 12.1 Å². The molecule has 0 heterocycles. The maximum atomic E-state index is 12.0. The average molecular weight is 284 g/mol. The lowest BCUT2D eigenvalue weighted by molar-refractivity contribution is -0.115.